The van der Waals surface area contributed by atoms with Crippen molar-refractivity contribution in [1.29, 1.82) is 0 Å². The molecular formula is C13H19ClN2S. The van der Waals surface area contributed by atoms with Crippen LogP contribution in [0.15, 0.2) is 18.2 Å². The van der Waals surface area contributed by atoms with Gasteiger partial charge in [0.25, 0.3) is 0 Å². The Labute approximate surface area is 113 Å². The molecule has 2 atom stereocenters. The maximum Gasteiger partial charge on any atom is 0.0642 e. The molecule has 2 N–H and O–H groups in total. The van der Waals surface area contributed by atoms with Gasteiger partial charge in [0.05, 0.1) is 10.7 Å². The first-order valence-corrected chi connectivity index (χ1v) is 7.42. The highest BCUT2D eigenvalue weighted by Crippen LogP contribution is 2.31. The average Bonchev–Trinajstić information content (AvgIpc) is 2.28. The Morgan fingerprint density at radius 2 is 2.29 bits per heavy atom. The lowest BCUT2D eigenvalue weighted by molar-refractivity contribution is 0.780. The van der Waals surface area contributed by atoms with Gasteiger partial charge in [-0.15, -0.1) is 0 Å². The Hall–Kier alpha value is -0.380. The minimum Gasteiger partial charge on any atom is -0.368 e. The van der Waals surface area contributed by atoms with E-state index in [0.717, 1.165) is 29.4 Å². The number of benzene rings is 1. The molecule has 0 aromatic heterocycles. The Bertz CT molecular complexity index is 395. The van der Waals surface area contributed by atoms with E-state index in [0.29, 0.717) is 5.25 Å². The third-order valence-electron chi connectivity index (χ3n) is 3.08. The summed E-state index contributed by atoms with van der Waals surface area (Å²) < 4.78 is 0. The number of halogens is 1. The lowest BCUT2D eigenvalue weighted by Crippen LogP contribution is -2.36. The number of anilines is 1. The van der Waals surface area contributed by atoms with E-state index in [1.165, 1.54) is 5.75 Å². The SMILES string of the molecule is CC1CN(c2ccc(C(C)N)cc2Cl)CCS1. The molecule has 2 rings (SSSR count). The smallest absolute Gasteiger partial charge is 0.0642 e. The highest BCUT2D eigenvalue weighted by molar-refractivity contribution is 8.00. The monoisotopic (exact) mass is 270 g/mol. The van der Waals surface area contributed by atoms with Crippen molar-refractivity contribution in [2.75, 3.05) is 23.7 Å². The van der Waals surface area contributed by atoms with E-state index >= 15 is 0 Å². The Balaban J connectivity index is 2.21. The van der Waals surface area contributed by atoms with E-state index in [-0.39, 0.29) is 6.04 Å². The first-order chi connectivity index (χ1) is 8.08. The Morgan fingerprint density at radius 1 is 1.53 bits per heavy atom. The molecular weight excluding hydrogens is 252 g/mol. The fourth-order valence-electron chi connectivity index (χ4n) is 2.10. The standard InChI is InChI=1S/C13H19ClN2S/c1-9-8-16(5-6-17-9)13-4-3-11(10(2)15)7-12(13)14/h3-4,7,9-10H,5-6,8,15H2,1-2H3. The van der Waals surface area contributed by atoms with E-state index in [1.807, 2.05) is 24.8 Å². The van der Waals surface area contributed by atoms with Crippen LogP contribution in [0, 0.1) is 0 Å². The van der Waals surface area contributed by atoms with E-state index in [1.54, 1.807) is 0 Å². The first kappa shape index (κ1) is 13.1. The molecule has 1 aromatic rings. The fraction of sp³-hybridized carbons (Fsp3) is 0.538. The van der Waals surface area contributed by atoms with Crippen LogP contribution in [0.5, 0.6) is 0 Å². The van der Waals surface area contributed by atoms with Crippen LogP contribution < -0.4 is 10.6 Å². The predicted molar refractivity (Wildman–Crippen MR) is 78.2 cm³/mol. The minimum absolute atomic E-state index is 0.0392. The lowest BCUT2D eigenvalue weighted by Gasteiger charge is -2.33. The van der Waals surface area contributed by atoms with Crippen molar-refractivity contribution < 1.29 is 0 Å². The van der Waals surface area contributed by atoms with E-state index in [4.69, 9.17) is 17.3 Å². The molecule has 1 fully saturated rings. The second-order valence-corrected chi connectivity index (χ2v) is 6.58. The maximum atomic E-state index is 6.35. The third-order valence-corrected chi connectivity index (χ3v) is 4.52. The minimum atomic E-state index is 0.0392. The van der Waals surface area contributed by atoms with Gasteiger partial charge in [0.1, 0.15) is 0 Å². The molecule has 2 nitrogen and oxygen atoms in total. The number of nitrogens with two attached hydrogens (primary N) is 1. The van der Waals surface area contributed by atoms with Crippen molar-refractivity contribution in [2.24, 2.45) is 5.73 Å². The van der Waals surface area contributed by atoms with Gasteiger partial charge in [0.2, 0.25) is 0 Å². The molecule has 1 aliphatic rings. The fourth-order valence-corrected chi connectivity index (χ4v) is 3.42. The summed E-state index contributed by atoms with van der Waals surface area (Å²) in [5.41, 5.74) is 8.10. The summed E-state index contributed by atoms with van der Waals surface area (Å²) in [6.07, 6.45) is 0. The highest BCUT2D eigenvalue weighted by Gasteiger charge is 2.19. The number of nitrogens with zero attached hydrogens (tertiary/aromatic N) is 1. The van der Waals surface area contributed by atoms with Crippen molar-refractivity contribution in [3.63, 3.8) is 0 Å². The summed E-state index contributed by atoms with van der Waals surface area (Å²) in [4.78, 5) is 2.37. The van der Waals surface area contributed by atoms with Crippen LogP contribution in [-0.2, 0) is 0 Å². The summed E-state index contributed by atoms with van der Waals surface area (Å²) in [5.74, 6) is 1.17. The molecule has 17 heavy (non-hydrogen) atoms. The van der Waals surface area contributed by atoms with Crippen LogP contribution >= 0.6 is 23.4 Å². The molecule has 0 radical (unpaired) electrons. The average molecular weight is 271 g/mol. The number of hydrogen-bond donors (Lipinski definition) is 1. The van der Waals surface area contributed by atoms with Gasteiger partial charge in [-0.2, -0.15) is 11.8 Å². The van der Waals surface area contributed by atoms with Gasteiger partial charge in [-0.05, 0) is 24.6 Å². The number of thioether (sulfide) groups is 1. The second kappa shape index (κ2) is 5.51. The van der Waals surface area contributed by atoms with Gasteiger partial charge in [-0.3, -0.25) is 0 Å². The lowest BCUT2D eigenvalue weighted by atomic mass is 10.1. The maximum absolute atomic E-state index is 6.35. The molecule has 1 aliphatic heterocycles. The summed E-state index contributed by atoms with van der Waals surface area (Å²) in [6.45, 7) is 6.39. The van der Waals surface area contributed by atoms with Crippen LogP contribution in [0.2, 0.25) is 5.02 Å². The molecule has 0 saturated carbocycles. The summed E-state index contributed by atoms with van der Waals surface area (Å²) in [7, 11) is 0. The normalized spacial score (nSPS) is 22.6. The van der Waals surface area contributed by atoms with E-state index < -0.39 is 0 Å². The highest BCUT2D eigenvalue weighted by atomic mass is 35.5. The van der Waals surface area contributed by atoms with Gasteiger partial charge in [0, 0.05) is 30.1 Å². The molecule has 0 amide bonds. The van der Waals surface area contributed by atoms with Crippen LogP contribution in [0.25, 0.3) is 0 Å². The second-order valence-electron chi connectivity index (χ2n) is 4.63. The van der Waals surface area contributed by atoms with Gasteiger partial charge in [0.15, 0.2) is 0 Å². The molecule has 1 heterocycles. The van der Waals surface area contributed by atoms with Crippen molar-refractivity contribution in [3.8, 4) is 0 Å². The quantitative estimate of drug-likeness (QED) is 0.894. The zero-order chi connectivity index (χ0) is 12.4. The van der Waals surface area contributed by atoms with Crippen LogP contribution in [-0.4, -0.2) is 24.1 Å². The zero-order valence-electron chi connectivity index (χ0n) is 10.3. The predicted octanol–water partition coefficient (Wildman–Crippen LogP) is 3.30. The van der Waals surface area contributed by atoms with E-state index in [2.05, 4.69) is 24.0 Å². The van der Waals surface area contributed by atoms with Crippen LogP contribution in [0.3, 0.4) is 0 Å². The van der Waals surface area contributed by atoms with Crippen molar-refractivity contribution in [1.82, 2.24) is 0 Å². The molecule has 2 unspecified atom stereocenters. The zero-order valence-corrected chi connectivity index (χ0v) is 11.9. The van der Waals surface area contributed by atoms with Crippen molar-refractivity contribution >= 4 is 29.1 Å². The topological polar surface area (TPSA) is 29.3 Å². The molecule has 1 saturated heterocycles. The van der Waals surface area contributed by atoms with Gasteiger partial charge >= 0.3 is 0 Å². The Morgan fingerprint density at radius 3 is 2.88 bits per heavy atom. The third kappa shape index (κ3) is 3.09. The van der Waals surface area contributed by atoms with Gasteiger partial charge in [-0.25, -0.2) is 0 Å². The van der Waals surface area contributed by atoms with Crippen LogP contribution in [0.4, 0.5) is 5.69 Å². The first-order valence-electron chi connectivity index (χ1n) is 5.99. The summed E-state index contributed by atoms with van der Waals surface area (Å²) >= 11 is 8.38. The molecule has 1 aromatic carbocycles. The molecule has 0 aliphatic carbocycles. The number of hydrogen-bond acceptors (Lipinski definition) is 3. The van der Waals surface area contributed by atoms with Gasteiger partial charge in [-0.1, -0.05) is 24.6 Å². The van der Waals surface area contributed by atoms with E-state index in [9.17, 15) is 0 Å². The summed E-state index contributed by atoms with van der Waals surface area (Å²) in [5, 5.41) is 1.49. The molecule has 0 bridgehead atoms. The summed E-state index contributed by atoms with van der Waals surface area (Å²) in [6, 6.07) is 6.22. The molecule has 0 spiro atoms. The van der Waals surface area contributed by atoms with Gasteiger partial charge < -0.3 is 10.6 Å². The van der Waals surface area contributed by atoms with Crippen LogP contribution in [0.1, 0.15) is 25.5 Å². The largest absolute Gasteiger partial charge is 0.368 e. The molecule has 94 valence electrons. The van der Waals surface area contributed by atoms with Crippen molar-refractivity contribution in [2.45, 2.75) is 25.1 Å². The molecule has 4 heteroatoms. The number of rotatable bonds is 2. The Kier molecular flexibility index (Phi) is 4.23. The van der Waals surface area contributed by atoms with Crippen molar-refractivity contribution in [3.05, 3.63) is 28.8 Å².